The molecule has 0 saturated carbocycles. The summed E-state index contributed by atoms with van der Waals surface area (Å²) < 4.78 is 0. The standard InChI is InChI=1S/C44H28N2/c1-3-14-29(15-4-1)42-34-20-8-9-21-35(34)43(30-16-5-2-6-17-30)38-28-31(26-27-36(38)42)39-24-13-25-41(45-39)44-37-22-10-7-18-32(37)33-19-11-12-23-40(33)46-44/h1-28H. The van der Waals surface area contributed by atoms with E-state index in [1.807, 2.05) is 6.07 Å². The Morgan fingerprint density at radius 3 is 1.50 bits per heavy atom. The van der Waals surface area contributed by atoms with Crippen molar-refractivity contribution in [1.82, 2.24) is 9.97 Å². The third-order valence-corrected chi connectivity index (χ3v) is 9.05. The summed E-state index contributed by atoms with van der Waals surface area (Å²) in [6.45, 7) is 0. The van der Waals surface area contributed by atoms with Crippen LogP contribution in [0, 0.1) is 0 Å². The second-order valence-electron chi connectivity index (χ2n) is 11.7. The average molecular weight is 585 g/mol. The first kappa shape index (κ1) is 26.3. The molecule has 7 aromatic carbocycles. The molecule has 0 saturated heterocycles. The Morgan fingerprint density at radius 1 is 0.283 bits per heavy atom. The van der Waals surface area contributed by atoms with E-state index in [0.717, 1.165) is 38.9 Å². The molecule has 0 bridgehead atoms. The summed E-state index contributed by atoms with van der Waals surface area (Å²) >= 11 is 0. The van der Waals surface area contributed by atoms with Gasteiger partial charge in [-0.05, 0) is 73.5 Å². The molecule has 0 radical (unpaired) electrons. The number of aromatic nitrogens is 2. The Balaban J connectivity index is 1.30. The monoisotopic (exact) mass is 584 g/mol. The van der Waals surface area contributed by atoms with Crippen LogP contribution >= 0.6 is 0 Å². The number of fused-ring (bicyclic) bond motifs is 5. The maximum absolute atomic E-state index is 5.26. The zero-order valence-electron chi connectivity index (χ0n) is 25.1. The van der Waals surface area contributed by atoms with Gasteiger partial charge in [0.15, 0.2) is 0 Å². The number of nitrogens with zero attached hydrogens (tertiary/aromatic N) is 2. The highest BCUT2D eigenvalue weighted by Gasteiger charge is 2.18. The summed E-state index contributed by atoms with van der Waals surface area (Å²) in [5, 5.41) is 8.38. The molecule has 0 unspecified atom stereocenters. The van der Waals surface area contributed by atoms with E-state index < -0.39 is 0 Å². The maximum atomic E-state index is 5.26. The highest BCUT2D eigenvalue weighted by atomic mass is 14.8. The molecule has 0 N–H and O–H groups in total. The zero-order valence-corrected chi connectivity index (χ0v) is 25.1. The van der Waals surface area contributed by atoms with Crippen molar-refractivity contribution in [3.8, 4) is 44.9 Å². The fourth-order valence-corrected chi connectivity index (χ4v) is 7.00. The zero-order chi connectivity index (χ0) is 30.5. The molecule has 9 aromatic rings. The van der Waals surface area contributed by atoms with Crippen molar-refractivity contribution >= 4 is 43.2 Å². The molecule has 2 heterocycles. The fourth-order valence-electron chi connectivity index (χ4n) is 7.00. The van der Waals surface area contributed by atoms with E-state index in [1.165, 1.54) is 49.2 Å². The lowest BCUT2D eigenvalue weighted by Crippen LogP contribution is -1.94. The second-order valence-corrected chi connectivity index (χ2v) is 11.7. The third kappa shape index (κ3) is 4.27. The molecule has 46 heavy (non-hydrogen) atoms. The van der Waals surface area contributed by atoms with Crippen LogP contribution in [0.3, 0.4) is 0 Å². The first-order valence-corrected chi connectivity index (χ1v) is 15.7. The molecule has 2 aromatic heterocycles. The van der Waals surface area contributed by atoms with Gasteiger partial charge in [-0.3, -0.25) is 0 Å². The predicted molar refractivity (Wildman–Crippen MR) is 194 cm³/mol. The van der Waals surface area contributed by atoms with E-state index in [1.54, 1.807) is 0 Å². The molecule has 0 aliphatic rings. The molecule has 214 valence electrons. The summed E-state index contributed by atoms with van der Waals surface area (Å²) in [6, 6.07) is 60.2. The van der Waals surface area contributed by atoms with Gasteiger partial charge < -0.3 is 0 Å². The Hall–Kier alpha value is -6.12. The van der Waals surface area contributed by atoms with Crippen LogP contribution in [0.15, 0.2) is 170 Å². The summed E-state index contributed by atoms with van der Waals surface area (Å²) in [4.78, 5) is 10.4. The van der Waals surface area contributed by atoms with E-state index in [0.29, 0.717) is 0 Å². The Labute approximate surface area is 267 Å². The van der Waals surface area contributed by atoms with Gasteiger partial charge in [0.25, 0.3) is 0 Å². The number of hydrogen-bond acceptors (Lipinski definition) is 2. The van der Waals surface area contributed by atoms with Crippen molar-refractivity contribution in [1.29, 1.82) is 0 Å². The van der Waals surface area contributed by atoms with Crippen molar-refractivity contribution < 1.29 is 0 Å². The van der Waals surface area contributed by atoms with Crippen LogP contribution in [-0.4, -0.2) is 9.97 Å². The summed E-state index contributed by atoms with van der Waals surface area (Å²) in [5.41, 5.74) is 9.65. The van der Waals surface area contributed by atoms with Crippen LogP contribution in [0.25, 0.3) is 88.1 Å². The van der Waals surface area contributed by atoms with Crippen LogP contribution in [-0.2, 0) is 0 Å². The van der Waals surface area contributed by atoms with Crippen molar-refractivity contribution in [3.05, 3.63) is 170 Å². The first-order chi connectivity index (χ1) is 22.8. The van der Waals surface area contributed by atoms with Crippen LogP contribution in [0.1, 0.15) is 0 Å². The van der Waals surface area contributed by atoms with Gasteiger partial charge in [0, 0.05) is 16.3 Å². The minimum atomic E-state index is 0.867. The smallest absolute Gasteiger partial charge is 0.0972 e. The molecule has 2 heteroatoms. The lowest BCUT2D eigenvalue weighted by molar-refractivity contribution is 1.29. The summed E-state index contributed by atoms with van der Waals surface area (Å²) in [7, 11) is 0. The topological polar surface area (TPSA) is 25.8 Å². The van der Waals surface area contributed by atoms with Crippen molar-refractivity contribution in [2.45, 2.75) is 0 Å². The lowest BCUT2D eigenvalue weighted by atomic mass is 9.85. The molecule has 0 aliphatic carbocycles. The average Bonchev–Trinajstić information content (AvgIpc) is 3.14. The van der Waals surface area contributed by atoms with Crippen molar-refractivity contribution in [3.63, 3.8) is 0 Å². The molecule has 0 fully saturated rings. The van der Waals surface area contributed by atoms with E-state index in [9.17, 15) is 0 Å². The van der Waals surface area contributed by atoms with E-state index >= 15 is 0 Å². The van der Waals surface area contributed by atoms with Gasteiger partial charge >= 0.3 is 0 Å². The summed E-state index contributed by atoms with van der Waals surface area (Å²) in [6.07, 6.45) is 0. The van der Waals surface area contributed by atoms with Crippen LogP contribution in [0.5, 0.6) is 0 Å². The number of para-hydroxylation sites is 1. The van der Waals surface area contributed by atoms with Crippen LogP contribution < -0.4 is 0 Å². The van der Waals surface area contributed by atoms with E-state index in [-0.39, 0.29) is 0 Å². The van der Waals surface area contributed by atoms with E-state index in [4.69, 9.17) is 9.97 Å². The molecule has 0 aliphatic heterocycles. The number of benzene rings is 7. The number of hydrogen-bond donors (Lipinski definition) is 0. The molecular formula is C44H28N2. The highest BCUT2D eigenvalue weighted by molar-refractivity contribution is 6.22. The van der Waals surface area contributed by atoms with Gasteiger partial charge in [0.05, 0.1) is 22.6 Å². The SMILES string of the molecule is c1ccc(-c2c3ccccc3c(-c3ccccc3)c3cc(-c4cccc(-c5nc6ccccc6c6ccccc56)n4)ccc23)cc1. The van der Waals surface area contributed by atoms with Gasteiger partial charge in [-0.25, -0.2) is 9.97 Å². The Morgan fingerprint density at radius 2 is 0.804 bits per heavy atom. The minimum Gasteiger partial charge on any atom is -0.246 e. The fraction of sp³-hybridized carbons (Fsp3) is 0. The largest absolute Gasteiger partial charge is 0.246 e. The Bertz CT molecular complexity index is 2570. The molecular weight excluding hydrogens is 556 g/mol. The lowest BCUT2D eigenvalue weighted by Gasteiger charge is -2.18. The van der Waals surface area contributed by atoms with Crippen LogP contribution in [0.2, 0.25) is 0 Å². The van der Waals surface area contributed by atoms with Gasteiger partial charge in [0.1, 0.15) is 0 Å². The van der Waals surface area contributed by atoms with Gasteiger partial charge in [-0.2, -0.15) is 0 Å². The van der Waals surface area contributed by atoms with Gasteiger partial charge in [-0.15, -0.1) is 0 Å². The molecule has 2 nitrogen and oxygen atoms in total. The number of pyridine rings is 2. The molecule has 0 atom stereocenters. The van der Waals surface area contributed by atoms with Gasteiger partial charge in [-0.1, -0.05) is 146 Å². The number of rotatable bonds is 4. The third-order valence-electron chi connectivity index (χ3n) is 9.05. The van der Waals surface area contributed by atoms with Crippen molar-refractivity contribution in [2.75, 3.05) is 0 Å². The first-order valence-electron chi connectivity index (χ1n) is 15.7. The maximum Gasteiger partial charge on any atom is 0.0972 e. The molecule has 0 spiro atoms. The van der Waals surface area contributed by atoms with E-state index in [2.05, 4.69) is 164 Å². The van der Waals surface area contributed by atoms with Gasteiger partial charge in [0.2, 0.25) is 0 Å². The minimum absolute atomic E-state index is 0.867. The highest BCUT2D eigenvalue weighted by Crippen LogP contribution is 2.44. The second kappa shape index (κ2) is 10.8. The summed E-state index contributed by atoms with van der Waals surface area (Å²) in [5.74, 6) is 0. The normalized spacial score (nSPS) is 11.5. The predicted octanol–water partition coefficient (Wildman–Crippen LogP) is 11.8. The molecule has 9 rings (SSSR count). The quantitative estimate of drug-likeness (QED) is 0.152. The van der Waals surface area contributed by atoms with Crippen molar-refractivity contribution in [2.24, 2.45) is 0 Å². The molecule has 0 amide bonds. The van der Waals surface area contributed by atoms with Crippen LogP contribution in [0.4, 0.5) is 0 Å². The Kier molecular flexibility index (Phi) is 6.17.